The zero-order chi connectivity index (χ0) is 15.1. The summed E-state index contributed by atoms with van der Waals surface area (Å²) in [5.41, 5.74) is 0.238. The average molecular weight is 301 g/mol. The van der Waals surface area contributed by atoms with Crippen molar-refractivity contribution in [2.75, 3.05) is 26.4 Å². The number of hydrogen-bond acceptors (Lipinski definition) is 4. The number of halogens is 2. The molecule has 0 bridgehead atoms. The minimum Gasteiger partial charge on any atom is -0.389 e. The SMILES string of the molecule is OC(CNCc1cc(F)ccc1F)COCC1CCCO1. The van der Waals surface area contributed by atoms with Gasteiger partial charge < -0.3 is 19.9 Å². The van der Waals surface area contributed by atoms with E-state index >= 15 is 0 Å². The van der Waals surface area contributed by atoms with Crippen LogP contribution in [0.5, 0.6) is 0 Å². The van der Waals surface area contributed by atoms with Crippen LogP contribution in [0.3, 0.4) is 0 Å². The van der Waals surface area contributed by atoms with Crippen molar-refractivity contribution in [3.63, 3.8) is 0 Å². The molecule has 2 N–H and O–H groups in total. The third-order valence-electron chi connectivity index (χ3n) is 3.34. The van der Waals surface area contributed by atoms with Gasteiger partial charge in [0.25, 0.3) is 0 Å². The molecule has 1 aromatic rings. The molecule has 1 heterocycles. The van der Waals surface area contributed by atoms with Gasteiger partial charge in [0, 0.05) is 25.3 Å². The number of nitrogens with one attached hydrogen (secondary N) is 1. The molecule has 2 atom stereocenters. The van der Waals surface area contributed by atoms with Crippen molar-refractivity contribution in [2.45, 2.75) is 31.6 Å². The standard InChI is InChI=1S/C15H21F2NO3/c16-12-3-4-15(17)11(6-12)7-18-8-13(19)9-20-10-14-2-1-5-21-14/h3-4,6,13-14,18-19H,1-2,5,7-10H2. The molecule has 1 aliphatic heterocycles. The first-order chi connectivity index (χ1) is 10.1. The lowest BCUT2D eigenvalue weighted by Gasteiger charge is -2.14. The van der Waals surface area contributed by atoms with E-state index in [1.807, 2.05) is 0 Å². The van der Waals surface area contributed by atoms with Gasteiger partial charge in [-0.05, 0) is 31.0 Å². The molecule has 1 aromatic carbocycles. The van der Waals surface area contributed by atoms with Crippen LogP contribution in [0.4, 0.5) is 8.78 Å². The number of aliphatic hydroxyl groups excluding tert-OH is 1. The van der Waals surface area contributed by atoms with E-state index in [4.69, 9.17) is 9.47 Å². The van der Waals surface area contributed by atoms with E-state index < -0.39 is 17.7 Å². The third-order valence-corrected chi connectivity index (χ3v) is 3.34. The van der Waals surface area contributed by atoms with Crippen molar-refractivity contribution in [3.8, 4) is 0 Å². The van der Waals surface area contributed by atoms with Gasteiger partial charge in [0.05, 0.1) is 25.4 Å². The Hall–Kier alpha value is -1.08. The maximum Gasteiger partial charge on any atom is 0.127 e. The lowest BCUT2D eigenvalue weighted by Crippen LogP contribution is -2.31. The number of benzene rings is 1. The molecular formula is C15H21F2NO3. The van der Waals surface area contributed by atoms with Gasteiger partial charge in [-0.1, -0.05) is 0 Å². The zero-order valence-electron chi connectivity index (χ0n) is 11.9. The largest absolute Gasteiger partial charge is 0.389 e. The summed E-state index contributed by atoms with van der Waals surface area (Å²) < 4.78 is 37.1. The summed E-state index contributed by atoms with van der Waals surface area (Å²) in [5.74, 6) is -0.943. The van der Waals surface area contributed by atoms with Crippen LogP contribution in [0.1, 0.15) is 18.4 Å². The summed E-state index contributed by atoms with van der Waals surface area (Å²) >= 11 is 0. The summed E-state index contributed by atoms with van der Waals surface area (Å²) in [6.45, 7) is 1.86. The Morgan fingerprint density at radius 2 is 2.29 bits per heavy atom. The minimum atomic E-state index is -0.692. The Bertz CT molecular complexity index is 439. The predicted molar refractivity (Wildman–Crippen MR) is 73.9 cm³/mol. The molecule has 6 heteroatoms. The lowest BCUT2D eigenvalue weighted by atomic mass is 10.2. The molecule has 0 spiro atoms. The smallest absolute Gasteiger partial charge is 0.127 e. The zero-order valence-corrected chi connectivity index (χ0v) is 11.9. The van der Waals surface area contributed by atoms with Crippen molar-refractivity contribution in [1.29, 1.82) is 0 Å². The van der Waals surface area contributed by atoms with Crippen LogP contribution in [-0.2, 0) is 16.0 Å². The summed E-state index contributed by atoms with van der Waals surface area (Å²) in [4.78, 5) is 0. The van der Waals surface area contributed by atoms with Gasteiger partial charge >= 0.3 is 0 Å². The fraction of sp³-hybridized carbons (Fsp3) is 0.600. The van der Waals surface area contributed by atoms with Crippen LogP contribution in [0.2, 0.25) is 0 Å². The third kappa shape index (κ3) is 5.67. The van der Waals surface area contributed by atoms with Crippen molar-refractivity contribution >= 4 is 0 Å². The van der Waals surface area contributed by atoms with Crippen molar-refractivity contribution in [2.24, 2.45) is 0 Å². The molecule has 21 heavy (non-hydrogen) atoms. The molecule has 1 aliphatic rings. The van der Waals surface area contributed by atoms with Crippen LogP contribution in [-0.4, -0.2) is 43.7 Å². The fourth-order valence-electron chi connectivity index (χ4n) is 2.22. The Balaban J connectivity index is 1.60. The highest BCUT2D eigenvalue weighted by atomic mass is 19.1. The van der Waals surface area contributed by atoms with Crippen LogP contribution in [0.25, 0.3) is 0 Å². The second-order valence-electron chi connectivity index (χ2n) is 5.19. The molecule has 0 radical (unpaired) electrons. The summed E-state index contributed by atoms with van der Waals surface area (Å²) in [6.07, 6.45) is 1.49. The molecule has 2 rings (SSSR count). The minimum absolute atomic E-state index is 0.131. The Kier molecular flexibility index (Phi) is 6.50. The number of ether oxygens (including phenoxy) is 2. The van der Waals surface area contributed by atoms with Crippen molar-refractivity contribution in [3.05, 3.63) is 35.4 Å². The van der Waals surface area contributed by atoms with Crippen molar-refractivity contribution < 1.29 is 23.4 Å². The molecule has 0 saturated carbocycles. The highest BCUT2D eigenvalue weighted by Gasteiger charge is 2.16. The second-order valence-corrected chi connectivity index (χ2v) is 5.19. The van der Waals surface area contributed by atoms with E-state index in [2.05, 4.69) is 5.32 Å². The molecule has 1 fully saturated rings. The molecule has 1 saturated heterocycles. The molecule has 2 unspecified atom stereocenters. The Labute approximate surface area is 123 Å². The van der Waals surface area contributed by atoms with Crippen LogP contribution < -0.4 is 5.32 Å². The monoisotopic (exact) mass is 301 g/mol. The first-order valence-corrected chi connectivity index (χ1v) is 7.17. The summed E-state index contributed by atoms with van der Waals surface area (Å²) in [6, 6.07) is 3.31. The maximum atomic E-state index is 13.4. The van der Waals surface area contributed by atoms with Crippen LogP contribution >= 0.6 is 0 Å². The lowest BCUT2D eigenvalue weighted by molar-refractivity contribution is -0.0164. The number of aliphatic hydroxyl groups is 1. The van der Waals surface area contributed by atoms with E-state index in [0.29, 0.717) is 6.61 Å². The van der Waals surface area contributed by atoms with Gasteiger partial charge in [0.15, 0.2) is 0 Å². The van der Waals surface area contributed by atoms with Crippen LogP contribution in [0, 0.1) is 11.6 Å². The summed E-state index contributed by atoms with van der Waals surface area (Å²) in [5, 5.41) is 12.6. The second kappa shape index (κ2) is 8.38. The van der Waals surface area contributed by atoms with Gasteiger partial charge in [-0.3, -0.25) is 0 Å². The molecule has 0 aliphatic carbocycles. The van der Waals surface area contributed by atoms with E-state index in [0.717, 1.165) is 37.6 Å². The topological polar surface area (TPSA) is 50.7 Å². The highest BCUT2D eigenvalue weighted by molar-refractivity contribution is 5.18. The average Bonchev–Trinajstić information content (AvgIpc) is 2.96. The van der Waals surface area contributed by atoms with Crippen molar-refractivity contribution in [1.82, 2.24) is 5.32 Å². The van der Waals surface area contributed by atoms with Crippen LogP contribution in [0.15, 0.2) is 18.2 Å². The first-order valence-electron chi connectivity index (χ1n) is 7.17. The van der Waals surface area contributed by atoms with Gasteiger partial charge in [0.1, 0.15) is 11.6 Å². The molecule has 0 aromatic heterocycles. The predicted octanol–water partition coefficient (Wildman–Crippen LogP) is 1.61. The Morgan fingerprint density at radius 1 is 1.43 bits per heavy atom. The van der Waals surface area contributed by atoms with E-state index in [-0.39, 0.29) is 31.4 Å². The maximum absolute atomic E-state index is 13.4. The number of hydrogen-bond donors (Lipinski definition) is 2. The van der Waals surface area contributed by atoms with Gasteiger partial charge in [-0.25, -0.2) is 8.78 Å². The molecule has 118 valence electrons. The molecule has 0 amide bonds. The van der Waals surface area contributed by atoms with E-state index in [9.17, 15) is 13.9 Å². The first kappa shape index (κ1) is 16.3. The fourth-order valence-corrected chi connectivity index (χ4v) is 2.22. The van der Waals surface area contributed by atoms with Gasteiger partial charge in [0.2, 0.25) is 0 Å². The highest BCUT2D eigenvalue weighted by Crippen LogP contribution is 2.12. The molecule has 4 nitrogen and oxygen atoms in total. The quantitative estimate of drug-likeness (QED) is 0.766. The summed E-state index contributed by atoms with van der Waals surface area (Å²) in [7, 11) is 0. The van der Waals surface area contributed by atoms with Gasteiger partial charge in [-0.15, -0.1) is 0 Å². The number of rotatable bonds is 8. The van der Waals surface area contributed by atoms with E-state index in [1.54, 1.807) is 0 Å². The van der Waals surface area contributed by atoms with Gasteiger partial charge in [-0.2, -0.15) is 0 Å². The normalized spacial score (nSPS) is 19.9. The molecular weight excluding hydrogens is 280 g/mol. The van der Waals surface area contributed by atoms with E-state index in [1.165, 1.54) is 0 Å². The Morgan fingerprint density at radius 3 is 3.05 bits per heavy atom.